The number of ether oxygens (including phenoxy) is 1. The molecule has 1 aromatic rings. The van der Waals surface area contributed by atoms with E-state index in [9.17, 15) is 4.79 Å². The van der Waals surface area contributed by atoms with Gasteiger partial charge in [0.2, 0.25) is 0 Å². The van der Waals surface area contributed by atoms with Crippen LogP contribution in [0.2, 0.25) is 0 Å². The maximum atomic E-state index is 11.7. The van der Waals surface area contributed by atoms with Crippen LogP contribution in [0.5, 0.6) is 0 Å². The third-order valence-electron chi connectivity index (χ3n) is 2.90. The third-order valence-corrected chi connectivity index (χ3v) is 4.10. The topological polar surface area (TPSA) is 39.2 Å². The molecule has 0 aromatic carbocycles. The molecule has 0 amide bonds. The second-order valence-corrected chi connectivity index (χ2v) is 5.23. The zero-order chi connectivity index (χ0) is 11.5. The van der Waals surface area contributed by atoms with Gasteiger partial charge in [-0.1, -0.05) is 13.3 Å². The van der Waals surface area contributed by atoms with Crippen LogP contribution in [0.25, 0.3) is 0 Å². The third kappa shape index (κ3) is 2.18. The smallest absolute Gasteiger partial charge is 0.182 e. The summed E-state index contributed by atoms with van der Waals surface area (Å²) >= 11 is 1.65. The van der Waals surface area contributed by atoms with E-state index in [0.717, 1.165) is 35.6 Å². The van der Waals surface area contributed by atoms with Crippen LogP contribution in [-0.2, 0) is 11.2 Å². The van der Waals surface area contributed by atoms with Gasteiger partial charge in [0.1, 0.15) is 16.8 Å². The minimum Gasteiger partial charge on any atom is -0.374 e. The maximum Gasteiger partial charge on any atom is 0.182 e. The van der Waals surface area contributed by atoms with E-state index in [1.165, 1.54) is 0 Å². The molecule has 0 spiro atoms. The van der Waals surface area contributed by atoms with Gasteiger partial charge in [-0.2, -0.15) is 0 Å². The molecule has 0 saturated heterocycles. The van der Waals surface area contributed by atoms with Crippen LogP contribution in [0.3, 0.4) is 0 Å². The lowest BCUT2D eigenvalue weighted by Gasteiger charge is -2.10. The van der Waals surface area contributed by atoms with Crippen molar-refractivity contribution in [3.8, 4) is 0 Å². The van der Waals surface area contributed by atoms with E-state index in [4.69, 9.17) is 4.74 Å². The molecule has 1 aliphatic rings. The van der Waals surface area contributed by atoms with E-state index in [1.54, 1.807) is 18.4 Å². The number of rotatable bonds is 4. The first-order valence-electron chi connectivity index (χ1n) is 5.81. The highest BCUT2D eigenvalue weighted by molar-refractivity contribution is 7.12. The van der Waals surface area contributed by atoms with Gasteiger partial charge >= 0.3 is 0 Å². The molecule has 1 heterocycles. The molecule has 1 aromatic heterocycles. The molecule has 0 fully saturated rings. The van der Waals surface area contributed by atoms with E-state index in [-0.39, 0.29) is 11.9 Å². The fourth-order valence-corrected chi connectivity index (χ4v) is 3.26. The molecule has 3 nitrogen and oxygen atoms in total. The van der Waals surface area contributed by atoms with Crippen LogP contribution < -0.4 is 0 Å². The molecule has 0 aliphatic heterocycles. The monoisotopic (exact) mass is 239 g/mol. The SMILES string of the molecule is CCCC(OC)c1nc2c(s1)CCCC2=O. The number of aryl methyl sites for hydroxylation is 1. The number of carbonyl (C=O) groups is 1. The Labute approximate surface area is 99.8 Å². The van der Waals surface area contributed by atoms with Gasteiger partial charge in [-0.05, 0) is 19.3 Å². The fourth-order valence-electron chi connectivity index (χ4n) is 2.03. The summed E-state index contributed by atoms with van der Waals surface area (Å²) < 4.78 is 5.43. The van der Waals surface area contributed by atoms with Gasteiger partial charge in [-0.3, -0.25) is 4.79 Å². The summed E-state index contributed by atoms with van der Waals surface area (Å²) in [5.41, 5.74) is 0.712. The molecule has 88 valence electrons. The standard InChI is InChI=1S/C12H17NO2S/c1-3-5-9(15-2)12-13-11-8(14)6-4-7-10(11)16-12/h9H,3-7H2,1-2H3. The van der Waals surface area contributed by atoms with Gasteiger partial charge in [0.15, 0.2) is 5.78 Å². The molecular formula is C12H17NO2S. The van der Waals surface area contributed by atoms with Crippen molar-refractivity contribution < 1.29 is 9.53 Å². The van der Waals surface area contributed by atoms with E-state index in [2.05, 4.69) is 11.9 Å². The van der Waals surface area contributed by atoms with Gasteiger partial charge in [-0.15, -0.1) is 11.3 Å². The average Bonchev–Trinajstić information content (AvgIpc) is 2.71. The van der Waals surface area contributed by atoms with E-state index < -0.39 is 0 Å². The number of aromatic nitrogens is 1. The predicted octanol–water partition coefficient (Wildman–Crippen LogP) is 3.15. The number of methoxy groups -OCH3 is 1. The number of carbonyl (C=O) groups excluding carboxylic acids is 1. The summed E-state index contributed by atoms with van der Waals surface area (Å²) in [7, 11) is 1.71. The lowest BCUT2D eigenvalue weighted by molar-refractivity contribution is 0.0931. The Morgan fingerprint density at radius 2 is 2.31 bits per heavy atom. The first-order valence-corrected chi connectivity index (χ1v) is 6.63. The minimum atomic E-state index is 0.0633. The zero-order valence-corrected chi connectivity index (χ0v) is 10.6. The Kier molecular flexibility index (Phi) is 3.71. The Morgan fingerprint density at radius 1 is 1.50 bits per heavy atom. The average molecular weight is 239 g/mol. The minimum absolute atomic E-state index is 0.0633. The molecule has 1 atom stereocenters. The zero-order valence-electron chi connectivity index (χ0n) is 9.78. The van der Waals surface area contributed by atoms with E-state index >= 15 is 0 Å². The summed E-state index contributed by atoms with van der Waals surface area (Å²) in [6, 6.07) is 0. The molecule has 1 aliphatic carbocycles. The highest BCUT2D eigenvalue weighted by atomic mass is 32.1. The maximum absolute atomic E-state index is 11.7. The Balaban J connectivity index is 2.26. The number of nitrogens with zero attached hydrogens (tertiary/aromatic N) is 1. The van der Waals surface area contributed by atoms with Crippen molar-refractivity contribution in [3.63, 3.8) is 0 Å². The molecule has 2 rings (SSSR count). The van der Waals surface area contributed by atoms with Crippen molar-refractivity contribution in [1.29, 1.82) is 0 Å². The highest BCUT2D eigenvalue weighted by Crippen LogP contribution is 2.32. The van der Waals surface area contributed by atoms with Crippen molar-refractivity contribution in [2.75, 3.05) is 7.11 Å². The first-order chi connectivity index (χ1) is 7.76. The Hall–Kier alpha value is -0.740. The summed E-state index contributed by atoms with van der Waals surface area (Å²) in [6.07, 6.45) is 4.73. The van der Waals surface area contributed by atoms with Crippen molar-refractivity contribution in [2.45, 2.75) is 45.1 Å². The number of Topliss-reactive ketones (excluding diaryl/α,β-unsaturated/α-hetero) is 1. The predicted molar refractivity (Wildman–Crippen MR) is 64.0 cm³/mol. The lowest BCUT2D eigenvalue weighted by atomic mass is 10.0. The van der Waals surface area contributed by atoms with Crippen molar-refractivity contribution in [1.82, 2.24) is 4.98 Å². The lowest BCUT2D eigenvalue weighted by Crippen LogP contribution is -2.09. The summed E-state index contributed by atoms with van der Waals surface area (Å²) in [5.74, 6) is 0.204. The quantitative estimate of drug-likeness (QED) is 0.810. The summed E-state index contributed by atoms with van der Waals surface area (Å²) in [5, 5.41) is 0.976. The molecule has 16 heavy (non-hydrogen) atoms. The Bertz CT molecular complexity index is 386. The van der Waals surface area contributed by atoms with Gasteiger partial charge in [0, 0.05) is 18.4 Å². The van der Waals surface area contributed by atoms with Crippen molar-refractivity contribution >= 4 is 17.1 Å². The van der Waals surface area contributed by atoms with E-state index in [0.29, 0.717) is 12.1 Å². The number of hydrogen-bond acceptors (Lipinski definition) is 4. The largest absolute Gasteiger partial charge is 0.374 e. The summed E-state index contributed by atoms with van der Waals surface area (Å²) in [4.78, 5) is 17.3. The highest BCUT2D eigenvalue weighted by Gasteiger charge is 2.24. The number of fused-ring (bicyclic) bond motifs is 1. The molecule has 4 heteroatoms. The van der Waals surface area contributed by atoms with Crippen LogP contribution in [-0.4, -0.2) is 17.9 Å². The summed E-state index contributed by atoms with van der Waals surface area (Å²) in [6.45, 7) is 2.13. The van der Waals surface area contributed by atoms with Crippen LogP contribution in [0.1, 0.15) is 59.1 Å². The Morgan fingerprint density at radius 3 is 2.94 bits per heavy atom. The number of ketones is 1. The molecule has 0 radical (unpaired) electrons. The number of hydrogen-bond donors (Lipinski definition) is 0. The van der Waals surface area contributed by atoms with Crippen LogP contribution in [0.4, 0.5) is 0 Å². The van der Waals surface area contributed by atoms with E-state index in [1.807, 2.05) is 0 Å². The second-order valence-electron chi connectivity index (χ2n) is 4.11. The van der Waals surface area contributed by atoms with Crippen LogP contribution in [0.15, 0.2) is 0 Å². The second kappa shape index (κ2) is 5.06. The molecule has 0 saturated carbocycles. The number of thiazole rings is 1. The van der Waals surface area contributed by atoms with Crippen LogP contribution in [0, 0.1) is 0 Å². The molecule has 1 unspecified atom stereocenters. The molecule has 0 N–H and O–H groups in total. The molecule has 0 bridgehead atoms. The first kappa shape index (κ1) is 11.7. The van der Waals surface area contributed by atoms with Gasteiger partial charge < -0.3 is 4.74 Å². The molecular weight excluding hydrogens is 222 g/mol. The van der Waals surface area contributed by atoms with Gasteiger partial charge in [0.05, 0.1) is 0 Å². The van der Waals surface area contributed by atoms with Gasteiger partial charge in [-0.25, -0.2) is 4.98 Å². The van der Waals surface area contributed by atoms with Crippen molar-refractivity contribution in [2.24, 2.45) is 0 Å². The van der Waals surface area contributed by atoms with Gasteiger partial charge in [0.25, 0.3) is 0 Å². The van der Waals surface area contributed by atoms with Crippen molar-refractivity contribution in [3.05, 3.63) is 15.6 Å². The normalized spacial score (nSPS) is 17.2. The fraction of sp³-hybridized carbons (Fsp3) is 0.667. The van der Waals surface area contributed by atoms with Crippen LogP contribution >= 0.6 is 11.3 Å².